The molecule has 37 heavy (non-hydrogen) atoms. The smallest absolute Gasteiger partial charge is 0.231 e. The molecule has 6 heteroatoms. The molecule has 0 saturated carbocycles. The molecule has 2 aromatic heterocycles. The highest BCUT2D eigenvalue weighted by molar-refractivity contribution is 5.78. The number of nitrogens with one attached hydrogen (secondary N) is 1. The Hall–Kier alpha value is -4.58. The number of benzene rings is 3. The van der Waals surface area contributed by atoms with Crippen molar-refractivity contribution in [2.45, 2.75) is 25.3 Å². The number of imidazole rings is 1. The Kier molecular flexibility index (Phi) is 6.06. The highest BCUT2D eigenvalue weighted by Gasteiger charge is 2.26. The average Bonchev–Trinajstić information content (AvgIpc) is 3.59. The number of carbonyl (C=O) groups is 1. The number of rotatable bonds is 7. The predicted molar refractivity (Wildman–Crippen MR) is 142 cm³/mol. The minimum Gasteiger partial charge on any atom is -0.454 e. The molecular weight excluding hydrogens is 462 g/mol. The van der Waals surface area contributed by atoms with Gasteiger partial charge >= 0.3 is 0 Å². The van der Waals surface area contributed by atoms with Crippen LogP contribution >= 0.6 is 0 Å². The van der Waals surface area contributed by atoms with E-state index in [0.29, 0.717) is 11.5 Å². The molecule has 3 aromatic carbocycles. The quantitative estimate of drug-likeness (QED) is 0.314. The molecule has 184 valence electrons. The maximum Gasteiger partial charge on any atom is 0.231 e. The summed E-state index contributed by atoms with van der Waals surface area (Å²) in [6.07, 6.45) is 4.12. The van der Waals surface area contributed by atoms with E-state index < -0.39 is 0 Å². The molecule has 1 N–H and O–H groups in total. The van der Waals surface area contributed by atoms with Crippen molar-refractivity contribution in [2.24, 2.45) is 0 Å². The topological polar surface area (TPSA) is 64.9 Å². The lowest BCUT2D eigenvalue weighted by molar-refractivity contribution is -0.121. The second-order valence-electron chi connectivity index (χ2n) is 9.26. The number of aromatic nitrogens is 2. The molecule has 3 heterocycles. The van der Waals surface area contributed by atoms with Crippen LogP contribution in [-0.4, -0.2) is 22.1 Å². The van der Waals surface area contributed by atoms with Crippen molar-refractivity contribution in [1.29, 1.82) is 0 Å². The number of pyridine rings is 1. The first-order valence-corrected chi connectivity index (χ1v) is 12.4. The van der Waals surface area contributed by atoms with E-state index in [4.69, 9.17) is 9.47 Å². The van der Waals surface area contributed by atoms with Crippen molar-refractivity contribution in [3.63, 3.8) is 0 Å². The number of fused-ring (bicyclic) bond motifs is 2. The van der Waals surface area contributed by atoms with Crippen LogP contribution in [0.25, 0.3) is 5.65 Å². The average molecular weight is 490 g/mol. The zero-order chi connectivity index (χ0) is 25.2. The lowest BCUT2D eigenvalue weighted by Crippen LogP contribution is -2.30. The van der Waals surface area contributed by atoms with E-state index in [-0.39, 0.29) is 31.1 Å². The van der Waals surface area contributed by atoms with Gasteiger partial charge < -0.3 is 19.2 Å². The normalized spacial score (nSPS) is 13.1. The van der Waals surface area contributed by atoms with Crippen LogP contribution in [0.15, 0.2) is 103 Å². The van der Waals surface area contributed by atoms with Gasteiger partial charge in [0.15, 0.2) is 11.5 Å². The molecule has 0 radical (unpaired) electrons. The number of amides is 1. The van der Waals surface area contributed by atoms with E-state index in [2.05, 4.69) is 14.7 Å². The third-order valence-corrected chi connectivity index (χ3v) is 6.88. The summed E-state index contributed by atoms with van der Waals surface area (Å²) >= 11 is 0. The number of hydrogen-bond acceptors (Lipinski definition) is 4. The maximum atomic E-state index is 13.7. The van der Waals surface area contributed by atoms with Crippen molar-refractivity contribution in [3.8, 4) is 11.5 Å². The zero-order valence-corrected chi connectivity index (χ0v) is 20.5. The van der Waals surface area contributed by atoms with Gasteiger partial charge in [-0.3, -0.25) is 4.79 Å². The lowest BCUT2D eigenvalue weighted by atomic mass is 9.91. The van der Waals surface area contributed by atoms with Crippen LogP contribution in [0.4, 0.5) is 0 Å². The van der Waals surface area contributed by atoms with Crippen LogP contribution in [0, 0.1) is 6.92 Å². The Morgan fingerprint density at radius 1 is 0.892 bits per heavy atom. The summed E-state index contributed by atoms with van der Waals surface area (Å²) in [7, 11) is 0. The first kappa shape index (κ1) is 22.9. The summed E-state index contributed by atoms with van der Waals surface area (Å²) in [4.78, 5) is 18.4. The lowest BCUT2D eigenvalue weighted by Gasteiger charge is -2.23. The standard InChI is InChI=1S/C31H27N3O3/c1-21-9-8-16-34-26(19-32-31(21)34)25(24-14-15-27-28(17-24)37-20-36-27)18-29(35)33-30(22-10-4-2-5-11-22)23-12-6-3-7-13-23/h2-17,19,25,30H,18,20H2,1H3,(H,33,35)/t25-/m1/s1. The fourth-order valence-electron chi connectivity index (χ4n) is 5.01. The highest BCUT2D eigenvalue weighted by Crippen LogP contribution is 2.38. The number of hydrogen-bond donors (Lipinski definition) is 1. The van der Waals surface area contributed by atoms with Gasteiger partial charge in [0.05, 0.1) is 11.7 Å². The summed E-state index contributed by atoms with van der Waals surface area (Å²) in [5, 5.41) is 3.30. The van der Waals surface area contributed by atoms with Gasteiger partial charge in [0.1, 0.15) is 5.65 Å². The minimum absolute atomic E-state index is 0.0528. The van der Waals surface area contributed by atoms with E-state index in [1.165, 1.54) is 0 Å². The van der Waals surface area contributed by atoms with Crippen LogP contribution in [0.3, 0.4) is 0 Å². The minimum atomic E-state index is -0.253. The second-order valence-corrected chi connectivity index (χ2v) is 9.26. The molecule has 0 saturated heterocycles. The van der Waals surface area contributed by atoms with Gasteiger partial charge in [-0.25, -0.2) is 4.98 Å². The molecule has 0 aliphatic carbocycles. The summed E-state index contributed by atoms with van der Waals surface area (Å²) in [6.45, 7) is 2.24. The summed E-state index contributed by atoms with van der Waals surface area (Å²) in [5.41, 5.74) is 5.95. The van der Waals surface area contributed by atoms with Crippen molar-refractivity contribution in [1.82, 2.24) is 14.7 Å². The Balaban J connectivity index is 1.36. The Bertz CT molecular complexity index is 1510. The molecule has 0 bridgehead atoms. The molecule has 6 nitrogen and oxygen atoms in total. The fraction of sp³-hybridized carbons (Fsp3) is 0.161. The van der Waals surface area contributed by atoms with E-state index in [9.17, 15) is 4.79 Å². The largest absolute Gasteiger partial charge is 0.454 e. The van der Waals surface area contributed by atoms with E-state index in [1.807, 2.05) is 110 Å². The van der Waals surface area contributed by atoms with Crippen molar-refractivity contribution in [3.05, 3.63) is 131 Å². The molecule has 0 fully saturated rings. The molecule has 1 amide bonds. The fourth-order valence-corrected chi connectivity index (χ4v) is 5.01. The third-order valence-electron chi connectivity index (χ3n) is 6.88. The monoisotopic (exact) mass is 489 g/mol. The molecular formula is C31H27N3O3. The zero-order valence-electron chi connectivity index (χ0n) is 20.5. The van der Waals surface area contributed by atoms with Gasteiger partial charge in [0.25, 0.3) is 0 Å². The van der Waals surface area contributed by atoms with Crippen LogP contribution in [0.5, 0.6) is 11.5 Å². The highest BCUT2D eigenvalue weighted by atomic mass is 16.7. The van der Waals surface area contributed by atoms with E-state index in [0.717, 1.165) is 33.6 Å². The Labute approximate surface area is 215 Å². The van der Waals surface area contributed by atoms with Crippen LogP contribution < -0.4 is 14.8 Å². The maximum absolute atomic E-state index is 13.7. The third kappa shape index (κ3) is 4.54. The van der Waals surface area contributed by atoms with Gasteiger partial charge in [-0.2, -0.15) is 0 Å². The van der Waals surface area contributed by atoms with Gasteiger partial charge in [0.2, 0.25) is 12.7 Å². The van der Waals surface area contributed by atoms with Crippen LogP contribution in [-0.2, 0) is 4.79 Å². The van der Waals surface area contributed by atoms with Gasteiger partial charge in [-0.05, 0) is 47.4 Å². The molecule has 1 aliphatic rings. The first-order valence-electron chi connectivity index (χ1n) is 12.4. The summed E-state index contributed by atoms with van der Waals surface area (Å²) < 4.78 is 13.2. The van der Waals surface area contributed by atoms with Crippen molar-refractivity contribution in [2.75, 3.05) is 6.79 Å². The number of carbonyl (C=O) groups excluding carboxylic acids is 1. The first-order chi connectivity index (χ1) is 18.2. The Morgan fingerprint density at radius 2 is 1.59 bits per heavy atom. The summed E-state index contributed by atoms with van der Waals surface area (Å²) in [5.74, 6) is 1.12. The van der Waals surface area contributed by atoms with Crippen LogP contribution in [0.2, 0.25) is 0 Å². The molecule has 0 spiro atoms. The van der Waals surface area contributed by atoms with Gasteiger partial charge in [-0.1, -0.05) is 72.8 Å². The van der Waals surface area contributed by atoms with Gasteiger partial charge in [0, 0.05) is 24.7 Å². The second kappa shape index (κ2) is 9.82. The number of ether oxygens (including phenoxy) is 2. The number of aryl methyl sites for hydroxylation is 1. The predicted octanol–water partition coefficient (Wildman–Crippen LogP) is 5.80. The van der Waals surface area contributed by atoms with Gasteiger partial charge in [-0.15, -0.1) is 0 Å². The molecule has 1 aliphatic heterocycles. The Morgan fingerprint density at radius 3 is 2.32 bits per heavy atom. The van der Waals surface area contributed by atoms with E-state index >= 15 is 0 Å². The molecule has 6 rings (SSSR count). The summed E-state index contributed by atoms with van der Waals surface area (Å²) in [6, 6.07) is 29.8. The molecule has 0 unspecified atom stereocenters. The molecule has 1 atom stereocenters. The number of nitrogens with zero attached hydrogens (tertiary/aromatic N) is 2. The SMILES string of the molecule is Cc1cccn2c([C@H](CC(=O)NC(c3ccccc3)c3ccccc3)c3ccc4c(c3)OCO4)cnc12. The van der Waals surface area contributed by atoms with E-state index in [1.54, 1.807) is 0 Å². The van der Waals surface area contributed by atoms with Crippen molar-refractivity contribution >= 4 is 11.6 Å². The van der Waals surface area contributed by atoms with Crippen molar-refractivity contribution < 1.29 is 14.3 Å². The molecule has 5 aromatic rings. The van der Waals surface area contributed by atoms with Crippen LogP contribution in [0.1, 0.15) is 46.3 Å².